The molecule has 6 nitrogen and oxygen atoms in total. The molecule has 0 fully saturated rings. The van der Waals surface area contributed by atoms with Gasteiger partial charge in [-0.3, -0.25) is 0 Å². The Morgan fingerprint density at radius 2 is 0.767 bits per heavy atom. The molecular weight excluding hydrogens is 384 g/mol. The van der Waals surface area contributed by atoms with E-state index in [0.717, 1.165) is 37.6 Å². The lowest BCUT2D eigenvalue weighted by atomic mass is 10.1. The summed E-state index contributed by atoms with van der Waals surface area (Å²) in [5.74, 6) is 2.95. The molecule has 0 bridgehead atoms. The van der Waals surface area contributed by atoms with Crippen molar-refractivity contribution in [3.05, 3.63) is 24.3 Å². The topological polar surface area (TPSA) is 55.4 Å². The van der Waals surface area contributed by atoms with Crippen LogP contribution in [0.2, 0.25) is 0 Å². The summed E-state index contributed by atoms with van der Waals surface area (Å²) >= 11 is 0. The van der Waals surface area contributed by atoms with E-state index in [1.807, 2.05) is 24.3 Å². The van der Waals surface area contributed by atoms with E-state index in [1.54, 1.807) is 0 Å². The van der Waals surface area contributed by atoms with Crippen LogP contribution < -0.4 is 9.47 Å². The van der Waals surface area contributed by atoms with Crippen LogP contribution >= 0.6 is 0 Å². The minimum Gasteiger partial charge on any atom is -0.491 e. The van der Waals surface area contributed by atoms with Gasteiger partial charge >= 0.3 is 0 Å². The predicted molar refractivity (Wildman–Crippen MR) is 120 cm³/mol. The maximum Gasteiger partial charge on any atom is 0.119 e. The molecule has 1 rings (SSSR count). The molecule has 0 spiro atoms. The van der Waals surface area contributed by atoms with Crippen LogP contribution in [0, 0.1) is 11.8 Å². The van der Waals surface area contributed by atoms with Crippen molar-refractivity contribution in [2.24, 2.45) is 11.8 Å². The first-order valence-corrected chi connectivity index (χ1v) is 11.2. The third kappa shape index (κ3) is 16.5. The van der Waals surface area contributed by atoms with E-state index in [2.05, 4.69) is 27.7 Å². The van der Waals surface area contributed by atoms with Gasteiger partial charge in [-0.15, -0.1) is 0 Å². The summed E-state index contributed by atoms with van der Waals surface area (Å²) in [5.41, 5.74) is 0. The predicted octanol–water partition coefficient (Wildman–Crippen LogP) is 4.60. The average Bonchev–Trinajstić information content (AvgIpc) is 2.72. The summed E-state index contributed by atoms with van der Waals surface area (Å²) < 4.78 is 33.4. The molecule has 174 valence electrons. The summed E-state index contributed by atoms with van der Waals surface area (Å²) in [5, 5.41) is 0. The molecule has 0 saturated carbocycles. The fraction of sp³-hybridized carbons (Fsp3) is 0.750. The summed E-state index contributed by atoms with van der Waals surface area (Å²) in [6.07, 6.45) is 2.17. The minimum atomic E-state index is 0.513. The summed E-state index contributed by atoms with van der Waals surface area (Å²) in [4.78, 5) is 0. The second kappa shape index (κ2) is 18.4. The first kappa shape index (κ1) is 26.7. The van der Waals surface area contributed by atoms with Crippen molar-refractivity contribution in [1.29, 1.82) is 0 Å². The van der Waals surface area contributed by atoms with Gasteiger partial charge in [0.2, 0.25) is 0 Å². The van der Waals surface area contributed by atoms with Crippen molar-refractivity contribution in [3.63, 3.8) is 0 Å². The van der Waals surface area contributed by atoms with Crippen molar-refractivity contribution in [1.82, 2.24) is 0 Å². The SMILES string of the molecule is CC(C)CCOCCOCCOc1ccc(OCCOCCOCCC(C)C)cc1. The van der Waals surface area contributed by atoms with Crippen molar-refractivity contribution in [2.75, 3.05) is 66.1 Å². The average molecular weight is 427 g/mol. The minimum absolute atomic E-state index is 0.513. The highest BCUT2D eigenvalue weighted by atomic mass is 16.5. The molecule has 0 aliphatic heterocycles. The smallest absolute Gasteiger partial charge is 0.119 e. The zero-order valence-electron chi connectivity index (χ0n) is 19.4. The number of hydrogen-bond donors (Lipinski definition) is 0. The number of ether oxygens (including phenoxy) is 6. The molecule has 1 aromatic rings. The van der Waals surface area contributed by atoms with Crippen LogP contribution in [0.25, 0.3) is 0 Å². The second-order valence-corrected chi connectivity index (χ2v) is 7.98. The van der Waals surface area contributed by atoms with Crippen LogP contribution in [0.5, 0.6) is 11.5 Å². The lowest BCUT2D eigenvalue weighted by molar-refractivity contribution is 0.0330. The van der Waals surface area contributed by atoms with Gasteiger partial charge in [-0.1, -0.05) is 27.7 Å². The Morgan fingerprint density at radius 3 is 1.10 bits per heavy atom. The maximum atomic E-state index is 5.66. The van der Waals surface area contributed by atoms with Gasteiger partial charge in [0.15, 0.2) is 0 Å². The van der Waals surface area contributed by atoms with E-state index in [4.69, 9.17) is 28.4 Å². The quantitative estimate of drug-likeness (QED) is 0.284. The second-order valence-electron chi connectivity index (χ2n) is 7.98. The standard InChI is InChI=1S/C24H42O6/c1-21(2)9-11-25-13-15-27-17-19-29-23-5-7-24(8-6-23)30-20-18-28-16-14-26-12-10-22(3)4/h5-8,21-22H,9-20H2,1-4H3. The highest BCUT2D eigenvalue weighted by Crippen LogP contribution is 2.17. The third-order valence-corrected chi connectivity index (χ3v) is 4.24. The van der Waals surface area contributed by atoms with Gasteiger partial charge in [-0.2, -0.15) is 0 Å². The molecule has 0 heterocycles. The van der Waals surface area contributed by atoms with Gasteiger partial charge < -0.3 is 28.4 Å². The van der Waals surface area contributed by atoms with Crippen molar-refractivity contribution in [3.8, 4) is 11.5 Å². The normalized spacial score (nSPS) is 11.4. The van der Waals surface area contributed by atoms with Gasteiger partial charge in [0.25, 0.3) is 0 Å². The van der Waals surface area contributed by atoms with E-state index in [1.165, 1.54) is 0 Å². The van der Waals surface area contributed by atoms with E-state index in [9.17, 15) is 0 Å². The molecule has 0 unspecified atom stereocenters. The molecule has 0 aliphatic rings. The first-order valence-electron chi connectivity index (χ1n) is 11.2. The van der Waals surface area contributed by atoms with Crippen LogP contribution in [-0.2, 0) is 18.9 Å². The third-order valence-electron chi connectivity index (χ3n) is 4.24. The Bertz CT molecular complexity index is 444. The fourth-order valence-electron chi connectivity index (χ4n) is 2.35. The van der Waals surface area contributed by atoms with Crippen LogP contribution in [0.1, 0.15) is 40.5 Å². The lowest BCUT2D eigenvalue weighted by Crippen LogP contribution is -2.12. The molecule has 0 atom stereocenters. The van der Waals surface area contributed by atoms with Gasteiger partial charge in [-0.25, -0.2) is 0 Å². The van der Waals surface area contributed by atoms with Crippen LogP contribution in [0.15, 0.2) is 24.3 Å². The molecule has 1 aromatic carbocycles. The van der Waals surface area contributed by atoms with E-state index in [0.29, 0.717) is 64.7 Å². The van der Waals surface area contributed by atoms with E-state index < -0.39 is 0 Å². The van der Waals surface area contributed by atoms with Gasteiger partial charge in [0.1, 0.15) is 24.7 Å². The van der Waals surface area contributed by atoms with E-state index in [-0.39, 0.29) is 0 Å². The molecule has 0 saturated heterocycles. The summed E-state index contributed by atoms with van der Waals surface area (Å²) in [7, 11) is 0. The molecule has 0 N–H and O–H groups in total. The molecule has 6 heteroatoms. The molecular formula is C24H42O6. The Morgan fingerprint density at radius 1 is 0.467 bits per heavy atom. The van der Waals surface area contributed by atoms with E-state index >= 15 is 0 Å². The number of rotatable bonds is 20. The maximum absolute atomic E-state index is 5.66. The molecule has 0 aliphatic carbocycles. The molecule has 0 amide bonds. The Hall–Kier alpha value is -1.34. The van der Waals surface area contributed by atoms with Crippen molar-refractivity contribution < 1.29 is 28.4 Å². The van der Waals surface area contributed by atoms with Crippen LogP contribution in [-0.4, -0.2) is 66.1 Å². The molecule has 0 radical (unpaired) electrons. The summed E-state index contributed by atoms with van der Waals surface area (Å²) in [6, 6.07) is 7.59. The highest BCUT2D eigenvalue weighted by Gasteiger charge is 1.99. The Balaban J connectivity index is 1.94. The van der Waals surface area contributed by atoms with Crippen molar-refractivity contribution >= 4 is 0 Å². The zero-order chi connectivity index (χ0) is 21.9. The first-order chi connectivity index (χ1) is 14.6. The molecule has 30 heavy (non-hydrogen) atoms. The monoisotopic (exact) mass is 426 g/mol. The van der Waals surface area contributed by atoms with Gasteiger partial charge in [0.05, 0.1) is 39.6 Å². The van der Waals surface area contributed by atoms with Crippen molar-refractivity contribution in [2.45, 2.75) is 40.5 Å². The zero-order valence-corrected chi connectivity index (χ0v) is 19.4. The Kier molecular flexibility index (Phi) is 16.4. The Labute approximate surface area is 183 Å². The highest BCUT2D eigenvalue weighted by molar-refractivity contribution is 5.31. The fourth-order valence-corrected chi connectivity index (χ4v) is 2.35. The number of hydrogen-bond acceptors (Lipinski definition) is 6. The van der Waals surface area contributed by atoms with Crippen LogP contribution in [0.3, 0.4) is 0 Å². The number of benzene rings is 1. The van der Waals surface area contributed by atoms with Crippen LogP contribution in [0.4, 0.5) is 0 Å². The molecule has 0 aromatic heterocycles. The van der Waals surface area contributed by atoms with Gasteiger partial charge in [0, 0.05) is 13.2 Å². The lowest BCUT2D eigenvalue weighted by Gasteiger charge is -2.10. The van der Waals surface area contributed by atoms with Gasteiger partial charge in [-0.05, 0) is 48.9 Å². The largest absolute Gasteiger partial charge is 0.491 e. The summed E-state index contributed by atoms with van der Waals surface area (Å²) in [6.45, 7) is 14.9.